The van der Waals surface area contributed by atoms with Gasteiger partial charge in [-0.3, -0.25) is 5.01 Å². The van der Waals surface area contributed by atoms with Crippen molar-refractivity contribution < 1.29 is 0 Å². The molecule has 0 radical (unpaired) electrons. The topological polar surface area (TPSA) is 15.6 Å². The molecule has 1 heterocycles. The summed E-state index contributed by atoms with van der Waals surface area (Å²) in [5.74, 6) is 0. The molecular formula is C14H18N2. The molecule has 0 saturated carbocycles. The van der Waals surface area contributed by atoms with Gasteiger partial charge in [0.25, 0.3) is 0 Å². The van der Waals surface area contributed by atoms with E-state index >= 15 is 0 Å². The summed E-state index contributed by atoms with van der Waals surface area (Å²) in [6.45, 7) is 7.11. The maximum absolute atomic E-state index is 4.64. The quantitative estimate of drug-likeness (QED) is 0.697. The second kappa shape index (κ2) is 4.97. The Kier molecular flexibility index (Phi) is 3.40. The first-order chi connectivity index (χ1) is 7.77. The molecule has 0 aliphatic carbocycles. The number of hydrogen-bond donors (Lipinski definition) is 0. The lowest BCUT2D eigenvalue weighted by molar-refractivity contribution is 0.692. The Morgan fingerprint density at radius 1 is 1.19 bits per heavy atom. The monoisotopic (exact) mass is 214 g/mol. The highest BCUT2D eigenvalue weighted by atomic mass is 15.5. The van der Waals surface area contributed by atoms with E-state index < -0.39 is 0 Å². The zero-order valence-electron chi connectivity index (χ0n) is 9.82. The van der Waals surface area contributed by atoms with Crippen LogP contribution in [0.3, 0.4) is 0 Å². The van der Waals surface area contributed by atoms with Crippen molar-refractivity contribution in [2.24, 2.45) is 5.10 Å². The molecular weight excluding hydrogens is 196 g/mol. The Morgan fingerprint density at radius 2 is 1.94 bits per heavy atom. The fourth-order valence-electron chi connectivity index (χ4n) is 1.87. The normalized spacial score (nSPS) is 17.7. The zero-order valence-corrected chi connectivity index (χ0v) is 9.82. The van der Waals surface area contributed by atoms with Crippen LogP contribution in [0.15, 0.2) is 47.6 Å². The molecule has 0 atom stereocenters. The van der Waals surface area contributed by atoms with Crippen molar-refractivity contribution in [3.63, 3.8) is 0 Å². The molecule has 0 N–H and O–H groups in total. The van der Waals surface area contributed by atoms with Crippen LogP contribution in [0.1, 0.15) is 26.2 Å². The second-order valence-corrected chi connectivity index (χ2v) is 4.20. The van der Waals surface area contributed by atoms with Gasteiger partial charge < -0.3 is 0 Å². The van der Waals surface area contributed by atoms with E-state index in [4.69, 9.17) is 0 Å². The second-order valence-electron chi connectivity index (χ2n) is 4.20. The first-order valence-corrected chi connectivity index (χ1v) is 5.83. The number of anilines is 1. The summed E-state index contributed by atoms with van der Waals surface area (Å²) in [4.78, 5) is 0. The summed E-state index contributed by atoms with van der Waals surface area (Å²) in [5.41, 5.74) is 3.39. The minimum atomic E-state index is 0.995. The predicted molar refractivity (Wildman–Crippen MR) is 69.9 cm³/mol. The molecule has 2 heteroatoms. The van der Waals surface area contributed by atoms with Crippen LogP contribution >= 0.6 is 0 Å². The lowest BCUT2D eigenvalue weighted by Gasteiger charge is -2.23. The Morgan fingerprint density at radius 3 is 2.69 bits per heavy atom. The van der Waals surface area contributed by atoms with Crippen LogP contribution in [0.5, 0.6) is 0 Å². The van der Waals surface area contributed by atoms with E-state index in [0.29, 0.717) is 0 Å². The molecule has 16 heavy (non-hydrogen) atoms. The van der Waals surface area contributed by atoms with Crippen LogP contribution in [-0.2, 0) is 0 Å². The fraction of sp³-hybridized carbons (Fsp3) is 0.357. The Labute approximate surface area is 97.3 Å². The van der Waals surface area contributed by atoms with Gasteiger partial charge >= 0.3 is 0 Å². The van der Waals surface area contributed by atoms with Crippen LogP contribution in [0.2, 0.25) is 0 Å². The van der Waals surface area contributed by atoms with Crippen LogP contribution < -0.4 is 5.01 Å². The van der Waals surface area contributed by atoms with E-state index in [-0.39, 0.29) is 0 Å². The van der Waals surface area contributed by atoms with Crippen LogP contribution in [-0.4, -0.2) is 12.3 Å². The average Bonchev–Trinajstić information content (AvgIpc) is 2.31. The number of nitrogens with zero attached hydrogens (tertiary/aromatic N) is 2. The summed E-state index contributed by atoms with van der Waals surface area (Å²) in [7, 11) is 0. The van der Waals surface area contributed by atoms with Gasteiger partial charge in [0, 0.05) is 6.54 Å². The molecule has 1 aromatic rings. The first kappa shape index (κ1) is 10.9. The third-order valence-corrected chi connectivity index (χ3v) is 2.94. The highest BCUT2D eigenvalue weighted by Gasteiger charge is 2.10. The maximum Gasteiger partial charge on any atom is 0.0604 e. The van der Waals surface area contributed by atoms with Crippen LogP contribution in [0.25, 0.3) is 0 Å². The van der Waals surface area contributed by atoms with Gasteiger partial charge in [0.05, 0.1) is 11.4 Å². The SMILES string of the molecule is C=C1CCCCN(c2ccccc2)N=C1C. The van der Waals surface area contributed by atoms with Crippen molar-refractivity contribution in [2.45, 2.75) is 26.2 Å². The summed E-state index contributed by atoms with van der Waals surface area (Å²) >= 11 is 0. The van der Waals surface area contributed by atoms with E-state index in [9.17, 15) is 0 Å². The molecule has 0 bridgehead atoms. The van der Waals surface area contributed by atoms with Crippen molar-refractivity contribution >= 4 is 11.4 Å². The predicted octanol–water partition coefficient (Wildman–Crippen LogP) is 3.61. The molecule has 0 aromatic heterocycles. The number of rotatable bonds is 1. The van der Waals surface area contributed by atoms with Crippen LogP contribution in [0, 0.1) is 0 Å². The van der Waals surface area contributed by atoms with Gasteiger partial charge in [0.1, 0.15) is 0 Å². The van der Waals surface area contributed by atoms with E-state index in [1.165, 1.54) is 18.4 Å². The lowest BCUT2D eigenvalue weighted by atomic mass is 10.1. The fourth-order valence-corrected chi connectivity index (χ4v) is 1.87. The van der Waals surface area contributed by atoms with Gasteiger partial charge in [-0.2, -0.15) is 5.10 Å². The highest BCUT2D eigenvalue weighted by molar-refractivity contribution is 5.98. The third kappa shape index (κ3) is 2.51. The van der Waals surface area contributed by atoms with Gasteiger partial charge in [-0.1, -0.05) is 24.8 Å². The molecule has 1 aliphatic heterocycles. The van der Waals surface area contributed by atoms with Crippen molar-refractivity contribution in [1.82, 2.24) is 0 Å². The van der Waals surface area contributed by atoms with E-state index in [2.05, 4.69) is 28.8 Å². The molecule has 84 valence electrons. The van der Waals surface area contributed by atoms with Gasteiger partial charge in [-0.05, 0) is 43.9 Å². The minimum absolute atomic E-state index is 0.995. The zero-order chi connectivity index (χ0) is 11.4. The van der Waals surface area contributed by atoms with Crippen molar-refractivity contribution in [3.05, 3.63) is 42.5 Å². The Balaban J connectivity index is 2.26. The van der Waals surface area contributed by atoms with Crippen molar-refractivity contribution in [2.75, 3.05) is 11.6 Å². The number of hydrazone groups is 1. The highest BCUT2D eigenvalue weighted by Crippen LogP contribution is 2.19. The largest absolute Gasteiger partial charge is 0.265 e. The van der Waals surface area contributed by atoms with Gasteiger partial charge in [-0.15, -0.1) is 0 Å². The van der Waals surface area contributed by atoms with E-state index in [1.54, 1.807) is 0 Å². The van der Waals surface area contributed by atoms with E-state index in [1.807, 2.05) is 25.1 Å². The van der Waals surface area contributed by atoms with Gasteiger partial charge in [0.15, 0.2) is 0 Å². The standard InChI is InChI=1S/C14H18N2/c1-12-8-6-7-11-16(15-13(12)2)14-9-4-3-5-10-14/h3-5,9-10H,1,6-8,11H2,2H3. The van der Waals surface area contributed by atoms with Gasteiger partial charge in [-0.25, -0.2) is 0 Å². The molecule has 1 aliphatic rings. The summed E-state index contributed by atoms with van der Waals surface area (Å²) in [5, 5.41) is 6.72. The summed E-state index contributed by atoms with van der Waals surface area (Å²) in [6.07, 6.45) is 3.46. The average molecular weight is 214 g/mol. The molecule has 0 spiro atoms. The third-order valence-electron chi connectivity index (χ3n) is 2.94. The molecule has 0 fully saturated rings. The maximum atomic E-state index is 4.64. The number of hydrogen-bond acceptors (Lipinski definition) is 2. The number of allylic oxidation sites excluding steroid dienone is 1. The van der Waals surface area contributed by atoms with Gasteiger partial charge in [0.2, 0.25) is 0 Å². The van der Waals surface area contributed by atoms with E-state index in [0.717, 1.165) is 24.4 Å². The smallest absolute Gasteiger partial charge is 0.0604 e. The molecule has 0 saturated heterocycles. The molecule has 0 unspecified atom stereocenters. The Bertz CT molecular complexity index is 392. The number of benzene rings is 1. The molecule has 1 aromatic carbocycles. The first-order valence-electron chi connectivity index (χ1n) is 5.83. The van der Waals surface area contributed by atoms with Crippen LogP contribution in [0.4, 0.5) is 5.69 Å². The minimum Gasteiger partial charge on any atom is -0.265 e. The molecule has 2 rings (SSSR count). The van der Waals surface area contributed by atoms with Crippen molar-refractivity contribution in [3.8, 4) is 0 Å². The number of para-hydroxylation sites is 1. The molecule has 2 nitrogen and oxygen atoms in total. The summed E-state index contributed by atoms with van der Waals surface area (Å²) < 4.78 is 0. The Hall–Kier alpha value is -1.57. The molecule has 0 amide bonds. The summed E-state index contributed by atoms with van der Waals surface area (Å²) in [6, 6.07) is 10.3. The lowest BCUT2D eigenvalue weighted by Crippen LogP contribution is -2.22. The van der Waals surface area contributed by atoms with Crippen molar-refractivity contribution in [1.29, 1.82) is 0 Å².